The lowest BCUT2D eigenvalue weighted by Crippen LogP contribution is -2.04. The number of fused-ring (bicyclic) bond motifs is 3. The van der Waals surface area contributed by atoms with E-state index in [1.807, 2.05) is 0 Å². The van der Waals surface area contributed by atoms with Crippen LogP contribution in [-0.2, 0) is 0 Å². The molecular weight excluding hydrogens is 351 g/mol. The molecule has 1 nitrogen and oxygen atoms in total. The van der Waals surface area contributed by atoms with Crippen LogP contribution in [0.1, 0.15) is 0 Å². The highest BCUT2D eigenvalue weighted by Gasteiger charge is 2.29. The molecule has 0 spiro atoms. The zero-order chi connectivity index (χ0) is 18.6. The van der Waals surface area contributed by atoms with Gasteiger partial charge in [-0.25, -0.2) is 22.0 Å². The average molecular weight is 360 g/mol. The second kappa shape index (κ2) is 5.69. The lowest BCUT2D eigenvalue weighted by atomic mass is 9.91. The van der Waals surface area contributed by atoms with Gasteiger partial charge < -0.3 is 5.11 Å². The Hall–Kier alpha value is -3.15. The van der Waals surface area contributed by atoms with Crippen molar-refractivity contribution in [2.24, 2.45) is 0 Å². The van der Waals surface area contributed by atoms with E-state index in [0.717, 1.165) is 0 Å². The molecule has 0 saturated carbocycles. The van der Waals surface area contributed by atoms with Gasteiger partial charge in [0, 0.05) is 10.9 Å². The maximum Gasteiger partial charge on any atom is 0.200 e. The number of benzene rings is 4. The van der Waals surface area contributed by atoms with Gasteiger partial charge in [0.15, 0.2) is 23.3 Å². The lowest BCUT2D eigenvalue weighted by molar-refractivity contribution is 0.381. The maximum absolute atomic E-state index is 14.4. The van der Waals surface area contributed by atoms with E-state index in [2.05, 4.69) is 0 Å². The van der Waals surface area contributed by atoms with Gasteiger partial charge in [-0.05, 0) is 16.2 Å². The molecule has 0 saturated heterocycles. The Balaban J connectivity index is 2.29. The van der Waals surface area contributed by atoms with E-state index in [9.17, 15) is 27.1 Å². The van der Waals surface area contributed by atoms with Gasteiger partial charge in [-0.1, -0.05) is 48.5 Å². The Kier molecular flexibility index (Phi) is 3.57. The number of halogens is 5. The number of phenols is 1. The van der Waals surface area contributed by atoms with Gasteiger partial charge in [0.05, 0.1) is 5.56 Å². The predicted molar refractivity (Wildman–Crippen MR) is 88.3 cm³/mol. The second-order valence-corrected chi connectivity index (χ2v) is 5.76. The first-order chi connectivity index (χ1) is 12.4. The van der Waals surface area contributed by atoms with E-state index < -0.39 is 46.0 Å². The molecular formula is C20H9F5O. The molecule has 26 heavy (non-hydrogen) atoms. The molecule has 0 fully saturated rings. The maximum atomic E-state index is 14.4. The molecule has 0 bridgehead atoms. The van der Waals surface area contributed by atoms with Crippen LogP contribution < -0.4 is 0 Å². The van der Waals surface area contributed by atoms with Gasteiger partial charge in [-0.2, -0.15) is 0 Å². The van der Waals surface area contributed by atoms with Crippen molar-refractivity contribution in [1.29, 1.82) is 0 Å². The summed E-state index contributed by atoms with van der Waals surface area (Å²) in [5.74, 6) is -10.9. The second-order valence-electron chi connectivity index (χ2n) is 5.76. The van der Waals surface area contributed by atoms with Crippen molar-refractivity contribution in [1.82, 2.24) is 0 Å². The van der Waals surface area contributed by atoms with Crippen LogP contribution in [0.25, 0.3) is 32.7 Å². The zero-order valence-corrected chi connectivity index (χ0v) is 13.0. The minimum atomic E-state index is -2.24. The summed E-state index contributed by atoms with van der Waals surface area (Å²) < 4.78 is 69.5. The third kappa shape index (κ3) is 2.08. The van der Waals surface area contributed by atoms with Crippen LogP contribution in [0, 0.1) is 29.1 Å². The number of aromatic hydroxyl groups is 1. The lowest BCUT2D eigenvalue weighted by Gasteiger charge is -2.15. The Bertz CT molecular complexity index is 1170. The number of rotatable bonds is 1. The van der Waals surface area contributed by atoms with Crippen molar-refractivity contribution >= 4 is 21.5 Å². The number of hydrogen-bond acceptors (Lipinski definition) is 1. The number of phenolic OH excluding ortho intramolecular Hbond substituents is 1. The van der Waals surface area contributed by atoms with Crippen molar-refractivity contribution in [2.75, 3.05) is 0 Å². The third-order valence-corrected chi connectivity index (χ3v) is 4.37. The molecule has 0 radical (unpaired) electrons. The molecule has 4 aromatic rings. The van der Waals surface area contributed by atoms with E-state index in [-0.39, 0.29) is 10.8 Å². The summed E-state index contributed by atoms with van der Waals surface area (Å²) in [6, 6.07) is 12.8. The van der Waals surface area contributed by atoms with E-state index >= 15 is 0 Å². The van der Waals surface area contributed by atoms with Gasteiger partial charge in [0.1, 0.15) is 5.75 Å². The monoisotopic (exact) mass is 360 g/mol. The summed E-state index contributed by atoms with van der Waals surface area (Å²) in [6.45, 7) is 0. The molecule has 4 aromatic carbocycles. The fourth-order valence-corrected chi connectivity index (χ4v) is 3.20. The SMILES string of the molecule is Oc1c(-c2c(F)c(F)c(F)c(F)c2F)c2ccccc2c2ccccc12. The van der Waals surface area contributed by atoms with E-state index in [4.69, 9.17) is 0 Å². The van der Waals surface area contributed by atoms with Crippen LogP contribution >= 0.6 is 0 Å². The topological polar surface area (TPSA) is 20.2 Å². The molecule has 0 amide bonds. The summed E-state index contributed by atoms with van der Waals surface area (Å²) in [7, 11) is 0. The summed E-state index contributed by atoms with van der Waals surface area (Å²) in [4.78, 5) is 0. The van der Waals surface area contributed by atoms with E-state index in [1.54, 1.807) is 36.4 Å². The minimum Gasteiger partial charge on any atom is -0.507 e. The van der Waals surface area contributed by atoms with Crippen LogP contribution in [0.15, 0.2) is 48.5 Å². The van der Waals surface area contributed by atoms with Crippen molar-refractivity contribution in [2.45, 2.75) is 0 Å². The highest BCUT2D eigenvalue weighted by molar-refractivity contribution is 6.17. The first-order valence-corrected chi connectivity index (χ1v) is 7.57. The normalized spacial score (nSPS) is 11.4. The highest BCUT2D eigenvalue weighted by atomic mass is 19.2. The Morgan fingerprint density at radius 1 is 0.462 bits per heavy atom. The molecule has 1 N–H and O–H groups in total. The fraction of sp³-hybridized carbons (Fsp3) is 0. The Labute approximate surface area is 143 Å². The molecule has 6 heteroatoms. The van der Waals surface area contributed by atoms with E-state index in [1.165, 1.54) is 12.1 Å². The van der Waals surface area contributed by atoms with Gasteiger partial charge in [-0.15, -0.1) is 0 Å². The Morgan fingerprint density at radius 3 is 1.38 bits per heavy atom. The average Bonchev–Trinajstić information content (AvgIpc) is 2.67. The van der Waals surface area contributed by atoms with Gasteiger partial charge in [0.2, 0.25) is 5.82 Å². The van der Waals surface area contributed by atoms with Crippen LogP contribution in [0.2, 0.25) is 0 Å². The largest absolute Gasteiger partial charge is 0.507 e. The predicted octanol–water partition coefficient (Wildman–Crippen LogP) is 6.06. The minimum absolute atomic E-state index is 0.173. The molecule has 0 aliphatic rings. The van der Waals surface area contributed by atoms with Crippen molar-refractivity contribution in [3.63, 3.8) is 0 Å². The fourth-order valence-electron chi connectivity index (χ4n) is 3.20. The van der Waals surface area contributed by atoms with Crippen molar-refractivity contribution in [3.05, 3.63) is 77.6 Å². The summed E-state index contributed by atoms with van der Waals surface area (Å²) in [5, 5.41) is 12.1. The van der Waals surface area contributed by atoms with Crippen LogP contribution in [-0.4, -0.2) is 5.11 Å². The van der Waals surface area contributed by atoms with Gasteiger partial charge in [0.25, 0.3) is 0 Å². The molecule has 0 aliphatic heterocycles. The molecule has 130 valence electrons. The first-order valence-electron chi connectivity index (χ1n) is 7.57. The smallest absolute Gasteiger partial charge is 0.200 e. The van der Waals surface area contributed by atoms with E-state index in [0.29, 0.717) is 10.8 Å². The first kappa shape index (κ1) is 16.3. The molecule has 0 aliphatic carbocycles. The Morgan fingerprint density at radius 2 is 0.846 bits per heavy atom. The molecule has 4 rings (SSSR count). The van der Waals surface area contributed by atoms with Crippen LogP contribution in [0.4, 0.5) is 22.0 Å². The zero-order valence-electron chi connectivity index (χ0n) is 13.0. The molecule has 0 heterocycles. The quantitative estimate of drug-likeness (QED) is 0.189. The third-order valence-electron chi connectivity index (χ3n) is 4.37. The van der Waals surface area contributed by atoms with Crippen molar-refractivity contribution in [3.8, 4) is 16.9 Å². The summed E-state index contributed by atoms with van der Waals surface area (Å²) >= 11 is 0. The number of hydrogen-bond donors (Lipinski definition) is 1. The highest BCUT2D eigenvalue weighted by Crippen LogP contribution is 2.45. The van der Waals surface area contributed by atoms with Gasteiger partial charge in [-0.3, -0.25) is 0 Å². The van der Waals surface area contributed by atoms with Crippen LogP contribution in [0.3, 0.4) is 0 Å². The molecule has 0 atom stereocenters. The summed E-state index contributed by atoms with van der Waals surface area (Å²) in [6.07, 6.45) is 0. The van der Waals surface area contributed by atoms with Crippen molar-refractivity contribution < 1.29 is 27.1 Å². The summed E-state index contributed by atoms with van der Waals surface area (Å²) in [5.41, 5.74) is -1.59. The molecule has 0 aromatic heterocycles. The van der Waals surface area contributed by atoms with Crippen LogP contribution in [0.5, 0.6) is 5.75 Å². The van der Waals surface area contributed by atoms with Gasteiger partial charge >= 0.3 is 0 Å². The molecule has 0 unspecified atom stereocenters. The standard InChI is InChI=1S/C20H9F5O/c21-15-14(16(22)18(24)19(25)17(15)23)13-11-7-3-1-5-9(11)10-6-2-4-8-12(10)20(13)26/h1-8,26H.